The van der Waals surface area contributed by atoms with Gasteiger partial charge in [0.25, 0.3) is 5.91 Å². The molecule has 110 valence electrons. The van der Waals surface area contributed by atoms with Gasteiger partial charge in [0.15, 0.2) is 6.61 Å². The Balaban J connectivity index is 1.80. The smallest absolute Gasteiger partial charge is 0.258 e. The molecule has 1 fully saturated rings. The van der Waals surface area contributed by atoms with Crippen LogP contribution in [-0.2, 0) is 4.79 Å². The van der Waals surface area contributed by atoms with E-state index in [0.29, 0.717) is 10.8 Å². The van der Waals surface area contributed by atoms with E-state index in [4.69, 9.17) is 16.3 Å². The van der Waals surface area contributed by atoms with Crippen molar-refractivity contribution in [2.24, 2.45) is 5.92 Å². The summed E-state index contributed by atoms with van der Waals surface area (Å²) in [6, 6.07) is 7.02. The van der Waals surface area contributed by atoms with Crippen molar-refractivity contribution in [1.82, 2.24) is 5.32 Å². The van der Waals surface area contributed by atoms with E-state index in [1.54, 1.807) is 24.3 Å². The van der Waals surface area contributed by atoms with E-state index in [0.717, 1.165) is 25.7 Å². The van der Waals surface area contributed by atoms with E-state index in [-0.39, 0.29) is 31.1 Å². The molecule has 2 rings (SSSR count). The Morgan fingerprint density at radius 2 is 2.20 bits per heavy atom. The zero-order valence-corrected chi connectivity index (χ0v) is 12.1. The minimum Gasteiger partial charge on any atom is -0.484 e. The van der Waals surface area contributed by atoms with Crippen LogP contribution in [0.15, 0.2) is 24.3 Å². The highest BCUT2D eigenvalue weighted by Crippen LogP contribution is 2.24. The molecule has 20 heavy (non-hydrogen) atoms. The highest BCUT2D eigenvalue weighted by molar-refractivity contribution is 6.30. The molecule has 2 N–H and O–H groups in total. The zero-order chi connectivity index (χ0) is 14.4. The second-order valence-corrected chi connectivity index (χ2v) is 5.58. The SMILES string of the molecule is O=C(COc1cccc(Cl)c1)NC1CCCCC1CO. The first kappa shape index (κ1) is 15.1. The fourth-order valence-electron chi connectivity index (χ4n) is 2.57. The summed E-state index contributed by atoms with van der Waals surface area (Å²) in [6.45, 7) is 0.0923. The Kier molecular flexibility index (Phi) is 5.68. The van der Waals surface area contributed by atoms with E-state index in [2.05, 4.69) is 5.32 Å². The summed E-state index contributed by atoms with van der Waals surface area (Å²) in [5, 5.41) is 12.8. The largest absolute Gasteiger partial charge is 0.484 e. The number of amides is 1. The normalized spacial score (nSPS) is 22.3. The summed E-state index contributed by atoms with van der Waals surface area (Å²) >= 11 is 5.85. The Hall–Kier alpha value is -1.26. The number of rotatable bonds is 5. The molecule has 1 aliphatic rings. The summed E-state index contributed by atoms with van der Waals surface area (Å²) in [5.41, 5.74) is 0. The van der Waals surface area contributed by atoms with Crippen molar-refractivity contribution < 1.29 is 14.6 Å². The monoisotopic (exact) mass is 297 g/mol. The van der Waals surface area contributed by atoms with E-state index >= 15 is 0 Å². The number of carbonyl (C=O) groups excluding carboxylic acids is 1. The lowest BCUT2D eigenvalue weighted by atomic mass is 9.85. The fraction of sp³-hybridized carbons (Fsp3) is 0.533. The number of carbonyl (C=O) groups is 1. The standard InChI is InChI=1S/C15H20ClNO3/c16-12-5-3-6-13(8-12)20-10-15(19)17-14-7-2-1-4-11(14)9-18/h3,5-6,8,11,14,18H,1-2,4,7,9-10H2,(H,17,19). The van der Waals surface area contributed by atoms with Gasteiger partial charge in [-0.05, 0) is 31.0 Å². The second-order valence-electron chi connectivity index (χ2n) is 5.15. The molecule has 2 atom stereocenters. The molecule has 0 spiro atoms. The maximum atomic E-state index is 11.9. The number of benzene rings is 1. The van der Waals surface area contributed by atoms with Gasteiger partial charge in [-0.2, -0.15) is 0 Å². The number of ether oxygens (including phenoxy) is 1. The lowest BCUT2D eigenvalue weighted by molar-refractivity contribution is -0.124. The van der Waals surface area contributed by atoms with E-state index in [9.17, 15) is 9.90 Å². The number of aliphatic hydroxyl groups excluding tert-OH is 1. The van der Waals surface area contributed by atoms with Crippen molar-refractivity contribution in [2.75, 3.05) is 13.2 Å². The van der Waals surface area contributed by atoms with Crippen LogP contribution < -0.4 is 10.1 Å². The lowest BCUT2D eigenvalue weighted by Crippen LogP contribution is -2.45. The fourth-order valence-corrected chi connectivity index (χ4v) is 2.75. The first-order valence-electron chi connectivity index (χ1n) is 6.97. The number of halogens is 1. The molecule has 0 bridgehead atoms. The van der Waals surface area contributed by atoms with Gasteiger partial charge >= 0.3 is 0 Å². The number of aliphatic hydroxyl groups is 1. The Bertz CT molecular complexity index is 452. The number of hydrogen-bond donors (Lipinski definition) is 2. The molecular weight excluding hydrogens is 278 g/mol. The lowest BCUT2D eigenvalue weighted by Gasteiger charge is -2.30. The maximum absolute atomic E-state index is 11.9. The van der Waals surface area contributed by atoms with Crippen LogP contribution in [-0.4, -0.2) is 30.3 Å². The Morgan fingerprint density at radius 3 is 2.95 bits per heavy atom. The summed E-state index contributed by atoms with van der Waals surface area (Å²) in [4.78, 5) is 11.9. The summed E-state index contributed by atoms with van der Waals surface area (Å²) < 4.78 is 5.40. The highest BCUT2D eigenvalue weighted by atomic mass is 35.5. The third-order valence-corrected chi connectivity index (χ3v) is 3.89. The van der Waals surface area contributed by atoms with Gasteiger partial charge in [-0.3, -0.25) is 4.79 Å². The van der Waals surface area contributed by atoms with Gasteiger partial charge in [-0.25, -0.2) is 0 Å². The van der Waals surface area contributed by atoms with Crippen LogP contribution in [0.25, 0.3) is 0 Å². The summed E-state index contributed by atoms with van der Waals surface area (Å²) in [6.07, 6.45) is 4.11. The third-order valence-electron chi connectivity index (χ3n) is 3.66. The Labute approximate surface area is 124 Å². The predicted octanol–water partition coefficient (Wildman–Crippen LogP) is 2.39. The van der Waals surface area contributed by atoms with Crippen LogP contribution in [0.2, 0.25) is 5.02 Å². The molecule has 2 unspecified atom stereocenters. The molecule has 4 nitrogen and oxygen atoms in total. The first-order valence-corrected chi connectivity index (χ1v) is 7.35. The third kappa shape index (κ3) is 4.39. The molecular formula is C15H20ClNO3. The van der Waals surface area contributed by atoms with Gasteiger partial charge in [-0.1, -0.05) is 30.5 Å². The van der Waals surface area contributed by atoms with Crippen LogP contribution in [0.1, 0.15) is 25.7 Å². The molecule has 1 saturated carbocycles. The van der Waals surface area contributed by atoms with Crippen LogP contribution in [0.4, 0.5) is 0 Å². The van der Waals surface area contributed by atoms with Crippen molar-refractivity contribution in [1.29, 1.82) is 0 Å². The molecule has 0 aliphatic heterocycles. The van der Waals surface area contributed by atoms with E-state index in [1.165, 1.54) is 0 Å². The van der Waals surface area contributed by atoms with Gasteiger partial charge < -0.3 is 15.2 Å². The quantitative estimate of drug-likeness (QED) is 0.877. The average Bonchev–Trinajstić information content (AvgIpc) is 2.46. The van der Waals surface area contributed by atoms with Gasteiger partial charge in [0.05, 0.1) is 0 Å². The van der Waals surface area contributed by atoms with Crippen molar-refractivity contribution in [2.45, 2.75) is 31.7 Å². The minimum atomic E-state index is -0.157. The number of nitrogens with one attached hydrogen (secondary N) is 1. The molecule has 0 heterocycles. The molecule has 0 saturated heterocycles. The molecule has 1 amide bonds. The average molecular weight is 298 g/mol. The van der Waals surface area contributed by atoms with Crippen LogP contribution >= 0.6 is 11.6 Å². The molecule has 1 aliphatic carbocycles. The second kappa shape index (κ2) is 7.50. The van der Waals surface area contributed by atoms with Crippen molar-refractivity contribution in [3.05, 3.63) is 29.3 Å². The van der Waals surface area contributed by atoms with E-state index < -0.39 is 0 Å². The van der Waals surface area contributed by atoms with Gasteiger partial charge in [0.2, 0.25) is 0 Å². The van der Waals surface area contributed by atoms with Crippen LogP contribution in [0.3, 0.4) is 0 Å². The molecule has 1 aromatic rings. The first-order chi connectivity index (χ1) is 9.69. The highest BCUT2D eigenvalue weighted by Gasteiger charge is 2.25. The van der Waals surface area contributed by atoms with E-state index in [1.807, 2.05) is 0 Å². The Morgan fingerprint density at radius 1 is 1.40 bits per heavy atom. The molecule has 1 aromatic carbocycles. The summed E-state index contributed by atoms with van der Waals surface area (Å²) in [5.74, 6) is 0.587. The van der Waals surface area contributed by atoms with Crippen molar-refractivity contribution in [3.63, 3.8) is 0 Å². The van der Waals surface area contributed by atoms with Crippen molar-refractivity contribution >= 4 is 17.5 Å². The van der Waals surface area contributed by atoms with Crippen LogP contribution in [0.5, 0.6) is 5.75 Å². The topological polar surface area (TPSA) is 58.6 Å². The van der Waals surface area contributed by atoms with Gasteiger partial charge in [-0.15, -0.1) is 0 Å². The summed E-state index contributed by atoms with van der Waals surface area (Å²) in [7, 11) is 0. The molecule has 0 aromatic heterocycles. The number of hydrogen-bond acceptors (Lipinski definition) is 3. The molecule has 5 heteroatoms. The minimum absolute atomic E-state index is 0.0327. The van der Waals surface area contributed by atoms with Gasteiger partial charge in [0, 0.05) is 23.6 Å². The predicted molar refractivity (Wildman–Crippen MR) is 77.9 cm³/mol. The maximum Gasteiger partial charge on any atom is 0.258 e. The molecule has 0 radical (unpaired) electrons. The zero-order valence-electron chi connectivity index (χ0n) is 11.3. The van der Waals surface area contributed by atoms with Crippen LogP contribution in [0, 0.1) is 5.92 Å². The van der Waals surface area contributed by atoms with Gasteiger partial charge in [0.1, 0.15) is 5.75 Å². The van der Waals surface area contributed by atoms with Crippen molar-refractivity contribution in [3.8, 4) is 5.75 Å².